The molecular weight excluding hydrogens is 240 g/mol. The highest BCUT2D eigenvalue weighted by atomic mass is 32.1. The highest BCUT2D eigenvalue weighted by Gasteiger charge is 2.22. The van der Waals surface area contributed by atoms with Crippen molar-refractivity contribution in [2.24, 2.45) is 5.92 Å². The van der Waals surface area contributed by atoms with E-state index in [0.717, 1.165) is 16.4 Å². The average Bonchev–Trinajstić information content (AvgIpc) is 2.28. The molecule has 0 radical (unpaired) electrons. The molecule has 1 aliphatic carbocycles. The Morgan fingerprint density at radius 3 is 2.33 bits per heavy atom. The molecule has 1 saturated carbocycles. The standard InChI is InChI=1S/C15H24N2S/c1-9(2)13-11(4)16-14(17-15(13)18)12-7-5-10(3)6-8-12/h9-10,12H,5-8H2,1-4H3,(H,16,17,18). The first-order valence-electron chi connectivity index (χ1n) is 7.09. The van der Waals surface area contributed by atoms with Crippen LogP contribution in [0.3, 0.4) is 0 Å². The van der Waals surface area contributed by atoms with Crippen molar-refractivity contribution in [3.05, 3.63) is 21.7 Å². The van der Waals surface area contributed by atoms with Crippen LogP contribution in [0.15, 0.2) is 0 Å². The Kier molecular flexibility index (Phi) is 4.21. The van der Waals surface area contributed by atoms with Crippen molar-refractivity contribution in [3.8, 4) is 0 Å². The molecule has 100 valence electrons. The van der Waals surface area contributed by atoms with Crippen molar-refractivity contribution in [2.75, 3.05) is 0 Å². The lowest BCUT2D eigenvalue weighted by Gasteiger charge is -2.26. The van der Waals surface area contributed by atoms with Gasteiger partial charge in [-0.2, -0.15) is 0 Å². The van der Waals surface area contributed by atoms with Gasteiger partial charge in [0.15, 0.2) is 0 Å². The largest absolute Gasteiger partial charge is 0.347 e. The molecular formula is C15H24N2S. The minimum Gasteiger partial charge on any atom is -0.347 e. The molecule has 1 aliphatic rings. The number of rotatable bonds is 2. The lowest BCUT2D eigenvalue weighted by atomic mass is 9.82. The minimum absolute atomic E-state index is 0.446. The predicted molar refractivity (Wildman–Crippen MR) is 78.6 cm³/mol. The summed E-state index contributed by atoms with van der Waals surface area (Å²) in [5.74, 6) is 3.03. The van der Waals surface area contributed by atoms with Crippen LogP contribution < -0.4 is 0 Å². The summed E-state index contributed by atoms with van der Waals surface area (Å²) < 4.78 is 0.801. The third kappa shape index (κ3) is 2.82. The van der Waals surface area contributed by atoms with Crippen LogP contribution in [0.4, 0.5) is 0 Å². The predicted octanol–water partition coefficient (Wildman–Crippen LogP) is 4.86. The molecule has 0 amide bonds. The molecule has 1 heterocycles. The highest BCUT2D eigenvalue weighted by molar-refractivity contribution is 7.71. The molecule has 2 rings (SSSR count). The summed E-state index contributed by atoms with van der Waals surface area (Å²) in [6.07, 6.45) is 5.13. The molecule has 0 bridgehead atoms. The Morgan fingerprint density at radius 2 is 1.83 bits per heavy atom. The van der Waals surface area contributed by atoms with Crippen LogP contribution >= 0.6 is 12.2 Å². The lowest BCUT2D eigenvalue weighted by molar-refractivity contribution is 0.339. The summed E-state index contributed by atoms with van der Waals surface area (Å²) in [7, 11) is 0. The summed E-state index contributed by atoms with van der Waals surface area (Å²) in [6, 6.07) is 0. The molecule has 3 heteroatoms. The second-order valence-corrected chi connectivity index (χ2v) is 6.46. The molecule has 0 spiro atoms. The van der Waals surface area contributed by atoms with Crippen molar-refractivity contribution < 1.29 is 0 Å². The smallest absolute Gasteiger partial charge is 0.133 e. The van der Waals surface area contributed by atoms with Crippen LogP contribution in [0, 0.1) is 17.5 Å². The van der Waals surface area contributed by atoms with Crippen LogP contribution in [0.2, 0.25) is 0 Å². The summed E-state index contributed by atoms with van der Waals surface area (Å²) >= 11 is 5.46. The maximum Gasteiger partial charge on any atom is 0.133 e. The third-order valence-corrected chi connectivity index (χ3v) is 4.46. The van der Waals surface area contributed by atoms with Gasteiger partial charge in [-0.3, -0.25) is 0 Å². The van der Waals surface area contributed by atoms with Crippen LogP contribution in [-0.4, -0.2) is 9.97 Å². The van der Waals surface area contributed by atoms with E-state index in [0.29, 0.717) is 11.8 Å². The zero-order valence-corrected chi connectivity index (χ0v) is 12.7. The van der Waals surface area contributed by atoms with E-state index in [9.17, 15) is 0 Å². The van der Waals surface area contributed by atoms with Crippen LogP contribution in [0.1, 0.15) is 75.4 Å². The number of hydrogen-bond donors (Lipinski definition) is 1. The van der Waals surface area contributed by atoms with E-state index >= 15 is 0 Å². The Balaban J connectivity index is 2.28. The van der Waals surface area contributed by atoms with Crippen molar-refractivity contribution in [1.29, 1.82) is 0 Å². The summed E-state index contributed by atoms with van der Waals surface area (Å²) in [6.45, 7) is 8.83. The highest BCUT2D eigenvalue weighted by Crippen LogP contribution is 2.34. The van der Waals surface area contributed by atoms with Gasteiger partial charge in [-0.1, -0.05) is 45.8 Å². The van der Waals surface area contributed by atoms with Gasteiger partial charge >= 0.3 is 0 Å². The Morgan fingerprint density at radius 1 is 1.22 bits per heavy atom. The normalized spacial score (nSPS) is 24.5. The number of aryl methyl sites for hydroxylation is 1. The minimum atomic E-state index is 0.446. The Labute approximate surface area is 115 Å². The van der Waals surface area contributed by atoms with E-state index in [1.165, 1.54) is 36.9 Å². The van der Waals surface area contributed by atoms with E-state index in [-0.39, 0.29) is 0 Å². The number of aromatic nitrogens is 2. The van der Waals surface area contributed by atoms with Gasteiger partial charge < -0.3 is 4.98 Å². The van der Waals surface area contributed by atoms with E-state index in [4.69, 9.17) is 12.2 Å². The SMILES string of the molecule is Cc1[nH]c(C2CCC(C)CC2)nc(=S)c1C(C)C. The maximum absolute atomic E-state index is 5.46. The van der Waals surface area contributed by atoms with Crippen molar-refractivity contribution in [2.45, 2.75) is 65.2 Å². The topological polar surface area (TPSA) is 28.7 Å². The third-order valence-electron chi connectivity index (χ3n) is 4.15. The second-order valence-electron chi connectivity index (χ2n) is 6.08. The van der Waals surface area contributed by atoms with Crippen LogP contribution in [0.5, 0.6) is 0 Å². The van der Waals surface area contributed by atoms with Gasteiger partial charge in [-0.15, -0.1) is 0 Å². The number of H-pyrrole nitrogens is 1. The molecule has 1 aromatic rings. The molecule has 1 N–H and O–H groups in total. The van der Waals surface area contributed by atoms with Gasteiger partial charge in [0.25, 0.3) is 0 Å². The first-order valence-corrected chi connectivity index (χ1v) is 7.50. The first-order chi connectivity index (χ1) is 8.49. The van der Waals surface area contributed by atoms with Gasteiger partial charge in [-0.25, -0.2) is 4.98 Å². The van der Waals surface area contributed by atoms with Gasteiger partial charge in [0.05, 0.1) is 0 Å². The monoisotopic (exact) mass is 264 g/mol. The quantitative estimate of drug-likeness (QED) is 0.772. The number of aromatic amines is 1. The molecule has 0 aliphatic heterocycles. The average molecular weight is 264 g/mol. The number of nitrogens with zero attached hydrogens (tertiary/aromatic N) is 1. The van der Waals surface area contributed by atoms with Crippen molar-refractivity contribution >= 4 is 12.2 Å². The lowest BCUT2D eigenvalue weighted by Crippen LogP contribution is -2.15. The van der Waals surface area contributed by atoms with E-state index < -0.39 is 0 Å². The van der Waals surface area contributed by atoms with E-state index in [1.807, 2.05) is 0 Å². The van der Waals surface area contributed by atoms with Crippen LogP contribution in [-0.2, 0) is 0 Å². The zero-order chi connectivity index (χ0) is 13.3. The molecule has 1 fully saturated rings. The summed E-state index contributed by atoms with van der Waals surface area (Å²) in [5.41, 5.74) is 2.41. The summed E-state index contributed by atoms with van der Waals surface area (Å²) in [5, 5.41) is 0. The van der Waals surface area contributed by atoms with E-state index in [2.05, 4.69) is 37.7 Å². The van der Waals surface area contributed by atoms with Gasteiger partial charge in [-0.05, 0) is 31.6 Å². The van der Waals surface area contributed by atoms with Crippen molar-refractivity contribution in [3.63, 3.8) is 0 Å². The maximum atomic E-state index is 5.46. The molecule has 2 nitrogen and oxygen atoms in total. The Hall–Kier alpha value is -0.700. The molecule has 0 atom stereocenters. The number of nitrogens with one attached hydrogen (secondary N) is 1. The fourth-order valence-corrected chi connectivity index (χ4v) is 3.51. The number of hydrogen-bond acceptors (Lipinski definition) is 2. The Bertz CT molecular complexity index is 468. The molecule has 0 aromatic carbocycles. The fourth-order valence-electron chi connectivity index (χ4n) is 3.02. The first kappa shape index (κ1) is 13.7. The molecule has 1 aromatic heterocycles. The van der Waals surface area contributed by atoms with Crippen molar-refractivity contribution in [1.82, 2.24) is 9.97 Å². The second kappa shape index (κ2) is 5.52. The molecule has 0 saturated heterocycles. The van der Waals surface area contributed by atoms with Gasteiger partial charge in [0, 0.05) is 17.2 Å². The van der Waals surface area contributed by atoms with Gasteiger partial charge in [0.2, 0.25) is 0 Å². The molecule has 18 heavy (non-hydrogen) atoms. The zero-order valence-electron chi connectivity index (χ0n) is 11.9. The summed E-state index contributed by atoms with van der Waals surface area (Å²) in [4.78, 5) is 8.17. The fraction of sp³-hybridized carbons (Fsp3) is 0.733. The van der Waals surface area contributed by atoms with E-state index in [1.54, 1.807) is 0 Å². The van der Waals surface area contributed by atoms with Gasteiger partial charge in [0.1, 0.15) is 10.5 Å². The molecule has 0 unspecified atom stereocenters. The van der Waals surface area contributed by atoms with Crippen LogP contribution in [0.25, 0.3) is 0 Å².